The molecule has 7 aliphatic rings. The number of benzene rings is 1. The number of aliphatic imine (C=N–C) groups is 1. The number of thioether (sulfide) groups is 3. The van der Waals surface area contributed by atoms with Crippen molar-refractivity contribution in [3.63, 3.8) is 0 Å². The molecule has 45 nitrogen and oxygen atoms in total. The second-order valence-corrected chi connectivity index (χ2v) is 34.3. The molecule has 1 aromatic rings. The summed E-state index contributed by atoms with van der Waals surface area (Å²) in [6, 6.07) is 4.23. The van der Waals surface area contributed by atoms with Crippen molar-refractivity contribution in [3.8, 4) is 0 Å². The van der Waals surface area contributed by atoms with Crippen molar-refractivity contribution in [2.45, 2.75) is 335 Å². The van der Waals surface area contributed by atoms with Gasteiger partial charge in [0.15, 0.2) is 37.0 Å². The number of alkyl halides is 3. The van der Waals surface area contributed by atoms with Gasteiger partial charge >= 0.3 is 42.0 Å². The fraction of sp³-hybridized carbons (Fsp3) is 0.827. The van der Waals surface area contributed by atoms with E-state index in [4.69, 9.17) is 110 Å². The third kappa shape index (κ3) is 33.6. The Labute approximate surface area is 740 Å². The first-order valence-corrected chi connectivity index (χ1v) is 43.6. The molecule has 7 fully saturated rings. The zero-order valence-electron chi connectivity index (χ0n) is 74.4. The molecule has 126 heavy (non-hydrogen) atoms. The molecule has 7 heterocycles. The molecule has 7 aliphatic heterocycles. The first-order valence-electron chi connectivity index (χ1n) is 40.5. The van der Waals surface area contributed by atoms with Crippen LogP contribution < -0.4 is 0 Å². The molecule has 7 saturated heterocycles. The summed E-state index contributed by atoms with van der Waals surface area (Å²) >= 11 is 4.77. The monoisotopic (exact) mass is 1850 g/mol. The largest absolute Gasteiger partial charge is 0.468 e. The van der Waals surface area contributed by atoms with Crippen molar-refractivity contribution in [1.29, 1.82) is 0 Å². The SMILES string of the molecule is CC(=O)OC1C(O)OC(C)[C@@H](N=[N+]=[N-])[C@@H]1C.CC(=O)OC1C(OC(=Nc2ccccc2)C(F)(F)F)OC(C)[C@@H](N=[N+]=[N-])[C@@H]1C.CC(=O)OC1OC(C)[C@@H](N=[N+]=[N-])[C@H](C)C1OC(C)=O.CCS[C@H]1OC(C)[C@@H](N=[N+]=[N-])[C@H](C)C1O.CCS[C@H]1OC(C)[C@@H](N=[N+]=[N-])[C@H](C)C1OC(C)=O.CCS[C@H]1OC(C)[C@@H](N=[N+]=[N-])[C@H](C)C1O[C@H]1OC(C)[C@@H](N=[N+]=[N-])[C@H](C)C1OC(C)=O. The van der Waals surface area contributed by atoms with Gasteiger partial charge in [-0.2, -0.15) is 13.2 Å². The molecule has 2 N–H and O–H groups in total. The van der Waals surface area contributed by atoms with E-state index in [2.05, 4.69) is 75.2 Å². The summed E-state index contributed by atoms with van der Waals surface area (Å²) in [5.41, 5.74) is 59.8. The van der Waals surface area contributed by atoms with E-state index < -0.39 is 164 Å². The molecular weight excluding hydrogens is 1730 g/mol. The van der Waals surface area contributed by atoms with Gasteiger partial charge in [0, 0.05) is 106 Å². The number of aliphatic hydroxyl groups is 2. The molecule has 51 heteroatoms. The minimum absolute atomic E-state index is 0.0303. The second-order valence-electron chi connectivity index (χ2n) is 30.2. The van der Waals surface area contributed by atoms with E-state index in [1.165, 1.54) is 65.8 Å². The number of azide groups is 7. The van der Waals surface area contributed by atoms with Crippen LogP contribution in [0.5, 0.6) is 0 Å². The molecule has 1 aromatic carbocycles. The van der Waals surface area contributed by atoms with Gasteiger partial charge in [-0.15, -0.1) is 35.3 Å². The fourth-order valence-corrected chi connectivity index (χ4v) is 18.1. The number of halogens is 3. The molecule has 8 rings (SSSR count). The summed E-state index contributed by atoms with van der Waals surface area (Å²) in [6.07, 6.45) is -17.1. The Kier molecular flexibility index (Phi) is 48.7. The number of para-hydroxylation sites is 1. The number of ether oxygens (including phenoxy) is 15. The lowest BCUT2D eigenvalue weighted by Crippen LogP contribution is -2.58. The van der Waals surface area contributed by atoms with E-state index in [-0.39, 0.29) is 100.0 Å². The number of nitrogens with zero attached hydrogens (tertiary/aromatic N) is 22. The highest BCUT2D eigenvalue weighted by Crippen LogP contribution is 2.42. The molecule has 0 aromatic heterocycles. The Morgan fingerprint density at radius 3 is 0.960 bits per heavy atom. The average molecular weight is 1850 g/mol. The Morgan fingerprint density at radius 1 is 0.357 bits per heavy atom. The number of hydrogen-bond acceptors (Lipinski definition) is 34. The number of hydrogen-bond donors (Lipinski definition) is 2. The van der Waals surface area contributed by atoms with Crippen LogP contribution in [0.3, 0.4) is 0 Å². The van der Waals surface area contributed by atoms with E-state index in [0.29, 0.717) is 0 Å². The number of carbonyl (C=O) groups is 6. The lowest BCUT2D eigenvalue weighted by Gasteiger charge is -2.47. The van der Waals surface area contributed by atoms with Crippen LogP contribution in [0.1, 0.15) is 159 Å². The molecule has 0 saturated carbocycles. The third-order valence-electron chi connectivity index (χ3n) is 21.0. The van der Waals surface area contributed by atoms with Gasteiger partial charge in [-0.05, 0) is 128 Å². The van der Waals surface area contributed by atoms with E-state index in [1.807, 2.05) is 69.2 Å². The minimum Gasteiger partial charge on any atom is -0.459 e. The first kappa shape index (κ1) is 111. The molecule has 35 atom stereocenters. The molecule has 704 valence electrons. The van der Waals surface area contributed by atoms with E-state index in [0.717, 1.165) is 24.2 Å². The highest BCUT2D eigenvalue weighted by Gasteiger charge is 2.53. The van der Waals surface area contributed by atoms with Crippen molar-refractivity contribution < 1.29 is 123 Å². The summed E-state index contributed by atoms with van der Waals surface area (Å²) < 4.78 is 122. The number of carbonyl (C=O) groups excluding carboxylic acids is 6. The first-order chi connectivity index (χ1) is 59.3. The minimum atomic E-state index is -4.91. The number of esters is 6. The van der Waals surface area contributed by atoms with Crippen LogP contribution in [0.4, 0.5) is 18.9 Å². The topological polar surface area (TPSA) is 635 Å². The summed E-state index contributed by atoms with van der Waals surface area (Å²) in [5.74, 6) is -3.96. The standard InChI is InChI=1S/C18H30N6O5S.C17H19F3N4O4.C11H17N3O5.C11H19N3O3S.C9H15N3O4.C9H17N3O2S/c1-7-30-18-16(9(3)14(22-24-20)11(5)27-18)29-17-15(28-12(6)25)8(2)13(21-23-19)10(4)26-17;1-9-13(23-24-21)10(2)26-15(14(9)27-11(3)25)28-16(17(18,19)20)22-12-7-5-4-6-8-12;1-5-9(13-14-12)6(2)17-11(19-8(4)16)10(5)18-7(3)15;1-5-18-11-10(17-8(4)15)6(2)9(13-14-12)7(3)16-11;1-4-7(11-12-10)5(2)15-9(14)8(4)16-6(3)13;1-4-15-9-8(13)5(2)7(11-12-10)6(3)14-9/h8-11,13-18H,7H2,1-6H3;4-10,13-15H,1-3H3;5-6,9-11H,1-4H3;6-7,9-11H,5H2,1-4H3;4-5,7-9,14H,1-3H3;5-9,13H,4H2,1-3H3/t8-,9-,10?,11?,13-,14-,15?,16?,17+,18+;9-,10?,13-,14?,15?;5-,6?,9-,10?,11?;6-,7?,9-,10?,11+;4-,5?,7-,8?,9?;5-,6?,7-,8?,9+/m000000/s1. The summed E-state index contributed by atoms with van der Waals surface area (Å²) in [4.78, 5) is 90.5. The quantitative estimate of drug-likeness (QED) is 0.0195. The zero-order valence-corrected chi connectivity index (χ0v) is 76.8. The van der Waals surface area contributed by atoms with Gasteiger partial charge < -0.3 is 81.3 Å². The summed E-state index contributed by atoms with van der Waals surface area (Å²) in [5, 5.41) is 45.5. The van der Waals surface area contributed by atoms with Crippen molar-refractivity contribution in [2.75, 3.05) is 17.3 Å². The van der Waals surface area contributed by atoms with Gasteiger partial charge in [0.05, 0.1) is 103 Å². The second kappa shape index (κ2) is 55.1. The molecule has 0 radical (unpaired) electrons. The molecule has 17 unspecified atom stereocenters. The van der Waals surface area contributed by atoms with Crippen molar-refractivity contribution in [2.24, 2.45) is 82.2 Å². The van der Waals surface area contributed by atoms with Crippen molar-refractivity contribution in [1.82, 2.24) is 0 Å². The lowest BCUT2D eigenvalue weighted by atomic mass is 9.88. The van der Waals surface area contributed by atoms with Crippen LogP contribution in [-0.4, -0.2) is 245 Å². The van der Waals surface area contributed by atoms with Gasteiger partial charge in [-0.3, -0.25) is 28.8 Å². The maximum absolute atomic E-state index is 13.5. The normalized spacial score (nSPS) is 36.1. The maximum atomic E-state index is 13.5. The number of aliphatic hydroxyl groups excluding tert-OH is 2. The summed E-state index contributed by atoms with van der Waals surface area (Å²) in [7, 11) is 0. The lowest BCUT2D eigenvalue weighted by molar-refractivity contribution is -0.295. The van der Waals surface area contributed by atoms with Crippen LogP contribution in [-0.2, 0) is 99.8 Å². The molecule has 0 amide bonds. The van der Waals surface area contributed by atoms with E-state index in [9.17, 15) is 52.2 Å². The van der Waals surface area contributed by atoms with Gasteiger partial charge in [-0.1, -0.05) is 123 Å². The Morgan fingerprint density at radius 2 is 0.619 bits per heavy atom. The summed E-state index contributed by atoms with van der Waals surface area (Å²) in [6.45, 7) is 38.6. The molecule has 0 aliphatic carbocycles. The van der Waals surface area contributed by atoms with Crippen LogP contribution in [0, 0.1) is 41.4 Å². The number of rotatable bonds is 23. The smallest absolute Gasteiger partial charge is 0.459 e. The Hall–Kier alpha value is -8.88. The van der Waals surface area contributed by atoms with Crippen LogP contribution in [0.15, 0.2) is 71.1 Å². The van der Waals surface area contributed by atoms with E-state index in [1.54, 1.807) is 82.9 Å². The van der Waals surface area contributed by atoms with Crippen molar-refractivity contribution in [3.05, 3.63) is 103 Å². The molecule has 0 spiro atoms. The zero-order chi connectivity index (χ0) is 95.3. The predicted octanol–water partition coefficient (Wildman–Crippen LogP) is 15.9. The highest BCUT2D eigenvalue weighted by atomic mass is 32.2. The van der Waals surface area contributed by atoms with Gasteiger partial charge in [0.1, 0.15) is 22.4 Å². The molecule has 0 bridgehead atoms. The Balaban J connectivity index is 0.000000398. The maximum Gasteiger partial charge on any atom is 0.468 e. The van der Waals surface area contributed by atoms with Gasteiger partial charge in [0.2, 0.25) is 12.6 Å². The third-order valence-corrected chi connectivity index (χ3v) is 24.1. The fourth-order valence-electron chi connectivity index (χ4n) is 14.9. The van der Waals surface area contributed by atoms with E-state index >= 15 is 0 Å². The molecular formula is C75H117F3N22O23S3. The van der Waals surface area contributed by atoms with Gasteiger partial charge in [0.25, 0.3) is 5.90 Å². The average Bonchev–Trinajstić information content (AvgIpc) is 0.783. The van der Waals surface area contributed by atoms with Gasteiger partial charge in [-0.25, -0.2) is 4.99 Å². The van der Waals surface area contributed by atoms with Crippen LogP contribution in [0.25, 0.3) is 73.1 Å². The van der Waals surface area contributed by atoms with Crippen LogP contribution in [0.2, 0.25) is 0 Å². The van der Waals surface area contributed by atoms with Crippen molar-refractivity contribution >= 4 is 82.7 Å². The van der Waals surface area contributed by atoms with Crippen LogP contribution >= 0.6 is 35.3 Å². The Bertz CT molecular complexity index is 4060. The predicted molar refractivity (Wildman–Crippen MR) is 453 cm³/mol. The highest BCUT2D eigenvalue weighted by molar-refractivity contribution is 8.00.